The standard InChI is InChI=1S/C9H18N2OS/c1-2-13-8-3-5-11(6-4-8)9(12)7-10/h8H,2-7,10H2,1H3. The lowest BCUT2D eigenvalue weighted by Gasteiger charge is -2.31. The Balaban J connectivity index is 2.26. The van der Waals surface area contributed by atoms with E-state index in [1.807, 2.05) is 16.7 Å². The second kappa shape index (κ2) is 5.50. The molecule has 0 unspecified atom stereocenters. The maximum Gasteiger partial charge on any atom is 0.236 e. The molecule has 4 heteroatoms. The zero-order valence-electron chi connectivity index (χ0n) is 8.16. The summed E-state index contributed by atoms with van der Waals surface area (Å²) in [7, 11) is 0. The number of carbonyl (C=O) groups is 1. The molecule has 0 saturated carbocycles. The summed E-state index contributed by atoms with van der Waals surface area (Å²) < 4.78 is 0. The molecule has 1 rings (SSSR count). The number of amides is 1. The Morgan fingerprint density at radius 3 is 2.62 bits per heavy atom. The summed E-state index contributed by atoms with van der Waals surface area (Å²) in [5.41, 5.74) is 5.30. The van der Waals surface area contributed by atoms with Crippen LogP contribution < -0.4 is 5.73 Å². The van der Waals surface area contributed by atoms with Crippen molar-refractivity contribution in [3.63, 3.8) is 0 Å². The molecule has 13 heavy (non-hydrogen) atoms. The van der Waals surface area contributed by atoms with Crippen LogP contribution in [-0.4, -0.2) is 41.4 Å². The van der Waals surface area contributed by atoms with Crippen molar-refractivity contribution in [2.75, 3.05) is 25.4 Å². The summed E-state index contributed by atoms with van der Waals surface area (Å²) in [6.45, 7) is 4.13. The molecule has 0 spiro atoms. The Kier molecular flexibility index (Phi) is 4.59. The second-order valence-electron chi connectivity index (χ2n) is 3.24. The summed E-state index contributed by atoms with van der Waals surface area (Å²) in [5, 5.41) is 0.756. The minimum atomic E-state index is 0.0972. The summed E-state index contributed by atoms with van der Waals surface area (Å²) in [6, 6.07) is 0. The van der Waals surface area contributed by atoms with Crippen molar-refractivity contribution in [3.8, 4) is 0 Å². The van der Waals surface area contributed by atoms with Crippen LogP contribution in [0.4, 0.5) is 0 Å². The molecule has 1 aliphatic rings. The quantitative estimate of drug-likeness (QED) is 0.732. The van der Waals surface area contributed by atoms with Gasteiger partial charge in [0.25, 0.3) is 0 Å². The van der Waals surface area contributed by atoms with Crippen molar-refractivity contribution < 1.29 is 4.79 Å². The van der Waals surface area contributed by atoms with Gasteiger partial charge in [0, 0.05) is 18.3 Å². The summed E-state index contributed by atoms with van der Waals surface area (Å²) in [4.78, 5) is 13.1. The number of nitrogens with two attached hydrogens (primary N) is 1. The molecule has 0 bridgehead atoms. The summed E-state index contributed by atoms with van der Waals surface area (Å²) >= 11 is 2.00. The van der Waals surface area contributed by atoms with Crippen LogP contribution in [0.15, 0.2) is 0 Å². The van der Waals surface area contributed by atoms with E-state index in [0.717, 1.165) is 31.2 Å². The van der Waals surface area contributed by atoms with E-state index in [1.165, 1.54) is 5.75 Å². The molecule has 1 fully saturated rings. The number of hydrogen-bond donors (Lipinski definition) is 1. The van der Waals surface area contributed by atoms with Gasteiger partial charge in [0.15, 0.2) is 0 Å². The minimum absolute atomic E-state index is 0.0972. The third-order valence-corrected chi connectivity index (χ3v) is 3.65. The van der Waals surface area contributed by atoms with Gasteiger partial charge in [-0.15, -0.1) is 0 Å². The van der Waals surface area contributed by atoms with Crippen molar-refractivity contribution in [1.29, 1.82) is 0 Å². The number of likely N-dealkylation sites (tertiary alicyclic amines) is 1. The SMILES string of the molecule is CCSC1CCN(C(=O)CN)CC1. The topological polar surface area (TPSA) is 46.3 Å². The molecule has 0 aliphatic carbocycles. The highest BCUT2D eigenvalue weighted by atomic mass is 32.2. The van der Waals surface area contributed by atoms with Gasteiger partial charge in [0.1, 0.15) is 0 Å². The minimum Gasteiger partial charge on any atom is -0.342 e. The van der Waals surface area contributed by atoms with Crippen molar-refractivity contribution in [2.24, 2.45) is 5.73 Å². The summed E-state index contributed by atoms with van der Waals surface area (Å²) in [5.74, 6) is 1.27. The highest BCUT2D eigenvalue weighted by Crippen LogP contribution is 2.22. The Morgan fingerprint density at radius 1 is 1.54 bits per heavy atom. The van der Waals surface area contributed by atoms with Gasteiger partial charge in [-0.05, 0) is 18.6 Å². The smallest absolute Gasteiger partial charge is 0.236 e. The zero-order valence-corrected chi connectivity index (χ0v) is 8.98. The van der Waals surface area contributed by atoms with Crippen molar-refractivity contribution in [3.05, 3.63) is 0 Å². The number of hydrogen-bond acceptors (Lipinski definition) is 3. The van der Waals surface area contributed by atoms with Gasteiger partial charge in [-0.1, -0.05) is 6.92 Å². The van der Waals surface area contributed by atoms with E-state index in [-0.39, 0.29) is 12.5 Å². The molecular weight excluding hydrogens is 184 g/mol. The monoisotopic (exact) mass is 202 g/mol. The molecule has 76 valence electrons. The number of nitrogens with zero attached hydrogens (tertiary/aromatic N) is 1. The number of thioether (sulfide) groups is 1. The molecule has 1 saturated heterocycles. The Bertz CT molecular complexity index is 167. The Hall–Kier alpha value is -0.220. The Morgan fingerprint density at radius 2 is 2.15 bits per heavy atom. The highest BCUT2D eigenvalue weighted by molar-refractivity contribution is 7.99. The van der Waals surface area contributed by atoms with E-state index in [4.69, 9.17) is 5.73 Å². The van der Waals surface area contributed by atoms with Gasteiger partial charge in [0.05, 0.1) is 6.54 Å². The van der Waals surface area contributed by atoms with E-state index in [9.17, 15) is 4.79 Å². The van der Waals surface area contributed by atoms with E-state index in [1.54, 1.807) is 0 Å². The fraction of sp³-hybridized carbons (Fsp3) is 0.889. The molecule has 3 nitrogen and oxygen atoms in total. The molecule has 0 radical (unpaired) electrons. The maximum absolute atomic E-state index is 11.2. The lowest BCUT2D eigenvalue weighted by molar-refractivity contribution is -0.130. The first-order valence-corrected chi connectivity index (χ1v) is 5.92. The van der Waals surface area contributed by atoms with Crippen LogP contribution >= 0.6 is 11.8 Å². The van der Waals surface area contributed by atoms with Crippen LogP contribution in [0.1, 0.15) is 19.8 Å². The van der Waals surface area contributed by atoms with Crippen LogP contribution in [0.25, 0.3) is 0 Å². The van der Waals surface area contributed by atoms with E-state index in [2.05, 4.69) is 6.92 Å². The largest absolute Gasteiger partial charge is 0.342 e. The van der Waals surface area contributed by atoms with Gasteiger partial charge in [-0.3, -0.25) is 4.79 Å². The fourth-order valence-electron chi connectivity index (χ4n) is 1.64. The van der Waals surface area contributed by atoms with Gasteiger partial charge >= 0.3 is 0 Å². The molecule has 1 aliphatic heterocycles. The number of piperidine rings is 1. The fourth-order valence-corrected chi connectivity index (χ4v) is 2.65. The first kappa shape index (κ1) is 10.9. The molecule has 0 aromatic heterocycles. The predicted molar refractivity (Wildman–Crippen MR) is 56.8 cm³/mol. The third-order valence-electron chi connectivity index (χ3n) is 2.37. The molecule has 1 heterocycles. The molecule has 1 amide bonds. The van der Waals surface area contributed by atoms with Crippen molar-refractivity contribution in [2.45, 2.75) is 25.0 Å². The zero-order chi connectivity index (χ0) is 9.68. The van der Waals surface area contributed by atoms with Crippen LogP contribution in [0, 0.1) is 0 Å². The van der Waals surface area contributed by atoms with Gasteiger partial charge in [-0.25, -0.2) is 0 Å². The summed E-state index contributed by atoms with van der Waals surface area (Å²) in [6.07, 6.45) is 2.26. The predicted octanol–water partition coefficient (Wildman–Crippen LogP) is 0.689. The van der Waals surface area contributed by atoms with Crippen molar-refractivity contribution >= 4 is 17.7 Å². The van der Waals surface area contributed by atoms with Crippen LogP contribution in [0.5, 0.6) is 0 Å². The average Bonchev–Trinajstić information content (AvgIpc) is 2.18. The van der Waals surface area contributed by atoms with Crippen LogP contribution in [0.3, 0.4) is 0 Å². The lowest BCUT2D eigenvalue weighted by Crippen LogP contribution is -2.42. The van der Waals surface area contributed by atoms with Gasteiger partial charge < -0.3 is 10.6 Å². The van der Waals surface area contributed by atoms with Gasteiger partial charge in [-0.2, -0.15) is 11.8 Å². The second-order valence-corrected chi connectivity index (χ2v) is 4.82. The van der Waals surface area contributed by atoms with Gasteiger partial charge in [0.2, 0.25) is 5.91 Å². The average molecular weight is 202 g/mol. The Labute approximate surface area is 84.0 Å². The first-order chi connectivity index (χ1) is 6.27. The normalized spacial score (nSPS) is 19.1. The lowest BCUT2D eigenvalue weighted by atomic mass is 10.1. The van der Waals surface area contributed by atoms with E-state index >= 15 is 0 Å². The van der Waals surface area contributed by atoms with Crippen LogP contribution in [-0.2, 0) is 4.79 Å². The highest BCUT2D eigenvalue weighted by Gasteiger charge is 2.21. The van der Waals surface area contributed by atoms with Crippen molar-refractivity contribution in [1.82, 2.24) is 4.90 Å². The van der Waals surface area contributed by atoms with E-state index in [0.29, 0.717) is 0 Å². The molecule has 0 atom stereocenters. The van der Waals surface area contributed by atoms with Crippen LogP contribution in [0.2, 0.25) is 0 Å². The number of carbonyl (C=O) groups excluding carboxylic acids is 1. The first-order valence-electron chi connectivity index (χ1n) is 4.87. The maximum atomic E-state index is 11.2. The third kappa shape index (κ3) is 3.19. The number of rotatable bonds is 3. The molecule has 2 N–H and O–H groups in total. The van der Waals surface area contributed by atoms with E-state index < -0.39 is 0 Å². The molecular formula is C9H18N2OS. The molecule has 0 aromatic rings. The molecule has 0 aromatic carbocycles.